The lowest BCUT2D eigenvalue weighted by molar-refractivity contribution is -0.534. The smallest absolute Gasteiger partial charge is 0.244 e. The van der Waals surface area contributed by atoms with Crippen molar-refractivity contribution in [2.24, 2.45) is 5.92 Å². The molecule has 0 radical (unpaired) electrons. The third-order valence-corrected chi connectivity index (χ3v) is 4.70. The molecule has 2 aliphatic rings. The quantitative estimate of drug-likeness (QED) is 0.662. The van der Waals surface area contributed by atoms with Crippen molar-refractivity contribution in [3.05, 3.63) is 35.4 Å². The van der Waals surface area contributed by atoms with Crippen LogP contribution in [0.1, 0.15) is 73.1 Å². The van der Waals surface area contributed by atoms with Gasteiger partial charge in [0.1, 0.15) is 0 Å². The number of carbonyl (C=O) groups is 2. The second-order valence-electron chi connectivity index (χ2n) is 7.38. The molecule has 0 amide bonds. The van der Waals surface area contributed by atoms with Crippen LogP contribution in [0, 0.1) is 5.92 Å². The molecule has 0 saturated carbocycles. The maximum absolute atomic E-state index is 11.7. The number of nitrogens with one attached hydrogen (secondary N) is 1. The molecule has 0 aliphatic carbocycles. The van der Waals surface area contributed by atoms with E-state index in [1.54, 1.807) is 12.1 Å². The molecule has 3 rings (SSSR count). The predicted octanol–water partition coefficient (Wildman–Crippen LogP) is 2.24. The van der Waals surface area contributed by atoms with Crippen molar-refractivity contribution >= 4 is 17.6 Å². The van der Waals surface area contributed by atoms with E-state index in [0.29, 0.717) is 6.42 Å². The van der Waals surface area contributed by atoms with Crippen molar-refractivity contribution in [2.45, 2.75) is 52.4 Å². The van der Waals surface area contributed by atoms with Gasteiger partial charge in [-0.1, -0.05) is 38.1 Å². The van der Waals surface area contributed by atoms with Gasteiger partial charge in [0.15, 0.2) is 5.78 Å². The van der Waals surface area contributed by atoms with E-state index >= 15 is 0 Å². The van der Waals surface area contributed by atoms with E-state index in [9.17, 15) is 14.7 Å². The van der Waals surface area contributed by atoms with E-state index in [2.05, 4.69) is 9.89 Å². The van der Waals surface area contributed by atoms with Gasteiger partial charge >= 0.3 is 0 Å². The van der Waals surface area contributed by atoms with Crippen LogP contribution in [0.5, 0.6) is 0 Å². The largest absolute Gasteiger partial charge is 0.545 e. The standard InChI is InChI=1S/C12H14O3.C9H16N2/c1-8(2)7-11(13)9-5-3-4-6-10(9)12(14)15;1-2-5-9-10-6-4-8-11(9)7-3-1/h3-6,8H,7H2,1-2H3,(H,14,15);1-8H2. The second-order valence-corrected chi connectivity index (χ2v) is 7.38. The Morgan fingerprint density at radius 2 is 1.77 bits per heavy atom. The van der Waals surface area contributed by atoms with Crippen LogP contribution >= 0.6 is 0 Å². The number of ketones is 1. The summed E-state index contributed by atoms with van der Waals surface area (Å²) in [7, 11) is 0. The molecule has 1 N–H and O–H groups in total. The van der Waals surface area contributed by atoms with Gasteiger partial charge in [0.05, 0.1) is 25.6 Å². The number of Topliss-reactive ketones (excluding diaryl/α,β-unsaturated/α-hetero) is 1. The summed E-state index contributed by atoms with van der Waals surface area (Å²) < 4.78 is 2.54. The fraction of sp³-hybridized carbons (Fsp3) is 0.571. The average molecular weight is 358 g/mol. The number of benzene rings is 1. The third-order valence-electron chi connectivity index (χ3n) is 4.70. The number of aromatic carboxylic acids is 1. The zero-order valence-electron chi connectivity index (χ0n) is 15.9. The number of hydrogen-bond donors (Lipinski definition) is 1. The van der Waals surface area contributed by atoms with E-state index in [1.165, 1.54) is 69.7 Å². The monoisotopic (exact) mass is 358 g/mol. The van der Waals surface area contributed by atoms with Crippen LogP contribution < -0.4 is 10.4 Å². The first-order valence-corrected chi connectivity index (χ1v) is 9.67. The molecule has 26 heavy (non-hydrogen) atoms. The normalized spacial score (nSPS) is 16.7. The molecule has 2 heterocycles. The van der Waals surface area contributed by atoms with Crippen molar-refractivity contribution in [3.63, 3.8) is 0 Å². The van der Waals surface area contributed by atoms with E-state index in [0.717, 1.165) is 0 Å². The number of rotatable bonds is 4. The van der Waals surface area contributed by atoms with Gasteiger partial charge < -0.3 is 9.90 Å². The first-order valence-electron chi connectivity index (χ1n) is 9.67. The molecule has 0 fully saturated rings. The van der Waals surface area contributed by atoms with Gasteiger partial charge in [-0.2, -0.15) is 0 Å². The highest BCUT2D eigenvalue weighted by Crippen LogP contribution is 2.13. The van der Waals surface area contributed by atoms with Crippen LogP contribution in [0.4, 0.5) is 0 Å². The van der Waals surface area contributed by atoms with Gasteiger partial charge in [-0.15, -0.1) is 0 Å². The first-order chi connectivity index (χ1) is 12.5. The van der Waals surface area contributed by atoms with Crippen molar-refractivity contribution < 1.29 is 19.3 Å². The lowest BCUT2D eigenvalue weighted by Gasteiger charge is -2.14. The number of hydrogen-bond acceptors (Lipinski definition) is 4. The molecule has 5 nitrogen and oxygen atoms in total. The maximum atomic E-state index is 11.7. The highest BCUT2D eigenvalue weighted by atomic mass is 16.4. The van der Waals surface area contributed by atoms with E-state index < -0.39 is 5.97 Å². The van der Waals surface area contributed by atoms with Crippen LogP contribution in [0.2, 0.25) is 0 Å². The number of carboxylic acids is 1. The highest BCUT2D eigenvalue weighted by molar-refractivity contribution is 6.05. The summed E-state index contributed by atoms with van der Waals surface area (Å²) in [5, 5.41) is 14.3. The van der Waals surface area contributed by atoms with Crippen molar-refractivity contribution in [1.29, 1.82) is 0 Å². The topological polar surface area (TPSA) is 72.2 Å². The highest BCUT2D eigenvalue weighted by Gasteiger charge is 2.19. The fourth-order valence-electron chi connectivity index (χ4n) is 3.40. The van der Waals surface area contributed by atoms with Crippen molar-refractivity contribution in [1.82, 2.24) is 5.32 Å². The molecule has 0 spiro atoms. The zero-order chi connectivity index (χ0) is 18.9. The van der Waals surface area contributed by atoms with Crippen LogP contribution in [-0.2, 0) is 0 Å². The van der Waals surface area contributed by atoms with E-state index in [1.807, 2.05) is 13.8 Å². The fourth-order valence-corrected chi connectivity index (χ4v) is 3.40. The van der Waals surface area contributed by atoms with Gasteiger partial charge in [0, 0.05) is 30.4 Å². The SMILES string of the molecule is C1CCC2=[N+](CC1)CCCN2.CC(C)CC(=O)c1ccccc1C(=O)[O-]. The Morgan fingerprint density at radius 3 is 2.46 bits per heavy atom. The molecule has 1 aromatic carbocycles. The Hall–Kier alpha value is -2.17. The minimum absolute atomic E-state index is 0.0249. The summed E-state index contributed by atoms with van der Waals surface area (Å²) >= 11 is 0. The molecule has 5 heteroatoms. The maximum Gasteiger partial charge on any atom is 0.244 e. The van der Waals surface area contributed by atoms with Crippen molar-refractivity contribution in [3.8, 4) is 0 Å². The van der Waals surface area contributed by atoms with Crippen molar-refractivity contribution in [2.75, 3.05) is 19.6 Å². The van der Waals surface area contributed by atoms with Gasteiger partial charge in [0.25, 0.3) is 0 Å². The molecule has 0 unspecified atom stereocenters. The molecule has 0 saturated heterocycles. The predicted molar refractivity (Wildman–Crippen MR) is 101 cm³/mol. The van der Waals surface area contributed by atoms with Gasteiger partial charge in [0.2, 0.25) is 5.84 Å². The lowest BCUT2D eigenvalue weighted by atomic mass is 9.97. The molecular formula is C21H30N2O3. The van der Waals surface area contributed by atoms with Gasteiger partial charge in [-0.25, -0.2) is 0 Å². The van der Waals surface area contributed by atoms with Gasteiger partial charge in [-0.05, 0) is 25.2 Å². The summed E-state index contributed by atoms with van der Waals surface area (Å²) in [4.78, 5) is 22.4. The van der Waals surface area contributed by atoms with Gasteiger partial charge in [-0.3, -0.25) is 14.7 Å². The molecular weight excluding hydrogens is 328 g/mol. The average Bonchev–Trinajstić information content (AvgIpc) is 2.87. The molecule has 1 aromatic rings. The Bertz CT molecular complexity index is 647. The summed E-state index contributed by atoms with van der Waals surface area (Å²) in [5.41, 5.74) is 0.217. The number of amidine groups is 1. The zero-order valence-corrected chi connectivity index (χ0v) is 15.9. The Kier molecular flexibility index (Phi) is 7.82. The molecule has 142 valence electrons. The Morgan fingerprint density at radius 1 is 1.08 bits per heavy atom. The molecule has 2 aliphatic heterocycles. The van der Waals surface area contributed by atoms with Crippen LogP contribution in [-0.4, -0.2) is 41.8 Å². The lowest BCUT2D eigenvalue weighted by Crippen LogP contribution is -2.40. The minimum atomic E-state index is -1.30. The first kappa shape index (κ1) is 20.1. The minimum Gasteiger partial charge on any atom is -0.545 e. The molecule has 0 atom stereocenters. The second kappa shape index (κ2) is 10.1. The van der Waals surface area contributed by atoms with E-state index in [-0.39, 0.29) is 22.8 Å². The van der Waals surface area contributed by atoms with E-state index in [4.69, 9.17) is 0 Å². The Balaban J connectivity index is 0.000000195. The third kappa shape index (κ3) is 5.97. The van der Waals surface area contributed by atoms with Crippen LogP contribution in [0.25, 0.3) is 0 Å². The van der Waals surface area contributed by atoms with Crippen LogP contribution in [0.3, 0.4) is 0 Å². The number of carbonyl (C=O) groups excluding carboxylic acids is 2. The molecule has 0 bridgehead atoms. The Labute approximate surface area is 156 Å². The summed E-state index contributed by atoms with van der Waals surface area (Å²) in [6, 6.07) is 6.15. The summed E-state index contributed by atoms with van der Waals surface area (Å²) in [6.45, 7) is 7.62. The number of nitrogens with zero attached hydrogens (tertiary/aromatic N) is 1. The summed E-state index contributed by atoms with van der Waals surface area (Å²) in [5.74, 6) is 0.286. The summed E-state index contributed by atoms with van der Waals surface area (Å²) in [6.07, 6.45) is 7.17. The molecule has 0 aromatic heterocycles. The van der Waals surface area contributed by atoms with Crippen LogP contribution in [0.15, 0.2) is 24.3 Å². The number of carboxylic acid groups (broad SMARTS) is 1.